The molecule has 1 amide bonds. The van der Waals surface area contributed by atoms with Gasteiger partial charge in [-0.3, -0.25) is 9.69 Å². The van der Waals surface area contributed by atoms with Gasteiger partial charge in [0.2, 0.25) is 5.91 Å². The van der Waals surface area contributed by atoms with Crippen LogP contribution in [0.2, 0.25) is 0 Å². The fourth-order valence-corrected chi connectivity index (χ4v) is 5.68. The predicted octanol–water partition coefficient (Wildman–Crippen LogP) is 4.53. The van der Waals surface area contributed by atoms with E-state index in [2.05, 4.69) is 6.07 Å². The molecule has 34 heavy (non-hydrogen) atoms. The van der Waals surface area contributed by atoms with Gasteiger partial charge in [-0.15, -0.1) is 11.8 Å². The number of rotatable bonds is 8. The lowest BCUT2D eigenvalue weighted by molar-refractivity contribution is -0.149. The van der Waals surface area contributed by atoms with Crippen molar-refractivity contribution in [2.45, 2.75) is 38.3 Å². The van der Waals surface area contributed by atoms with E-state index in [0.717, 1.165) is 12.0 Å². The molecule has 2 atom stereocenters. The average Bonchev–Trinajstić information content (AvgIpc) is 3.22. The highest BCUT2D eigenvalue weighted by atomic mass is 32.2. The number of nitriles is 1. The highest BCUT2D eigenvalue weighted by Crippen LogP contribution is 2.52. The Morgan fingerprint density at radius 3 is 2.59 bits per heavy atom. The number of allylic oxidation sites excluding steroid dienone is 1. The zero-order valence-corrected chi connectivity index (χ0v) is 20.4. The van der Waals surface area contributed by atoms with Crippen LogP contribution in [0.15, 0.2) is 53.1 Å². The molecule has 2 aliphatic rings. The molecule has 1 N–H and O–H groups in total. The second-order valence-electron chi connectivity index (χ2n) is 8.14. The molecule has 2 aromatic rings. The van der Waals surface area contributed by atoms with Gasteiger partial charge in [0.25, 0.3) is 0 Å². The van der Waals surface area contributed by atoms with Crippen molar-refractivity contribution in [3.8, 4) is 23.3 Å². The van der Waals surface area contributed by atoms with Crippen molar-refractivity contribution in [1.29, 1.82) is 5.26 Å². The molecule has 178 valence electrons. The summed E-state index contributed by atoms with van der Waals surface area (Å²) in [6.07, 6.45) is 0.950. The summed E-state index contributed by atoms with van der Waals surface area (Å²) in [5.41, 5.74) is 0.338. The number of fused-ring (bicyclic) bond motifs is 1. The molecule has 8 heteroatoms. The van der Waals surface area contributed by atoms with Crippen LogP contribution in [0.1, 0.15) is 43.7 Å². The van der Waals surface area contributed by atoms with E-state index in [9.17, 15) is 15.2 Å². The minimum atomic E-state index is -1.52. The van der Waals surface area contributed by atoms with E-state index in [-0.39, 0.29) is 18.1 Å². The summed E-state index contributed by atoms with van der Waals surface area (Å²) >= 11 is 1.33. The first-order valence-corrected chi connectivity index (χ1v) is 12.3. The van der Waals surface area contributed by atoms with E-state index in [1.807, 2.05) is 32.0 Å². The van der Waals surface area contributed by atoms with Gasteiger partial charge >= 0.3 is 0 Å². The van der Waals surface area contributed by atoms with Crippen molar-refractivity contribution in [2.24, 2.45) is 0 Å². The van der Waals surface area contributed by atoms with Crippen LogP contribution in [0.4, 0.5) is 0 Å². The molecular formula is C26H28N2O5S. The largest absolute Gasteiger partial charge is 0.497 e. The third kappa shape index (κ3) is 4.22. The van der Waals surface area contributed by atoms with Crippen LogP contribution in [0.3, 0.4) is 0 Å². The summed E-state index contributed by atoms with van der Waals surface area (Å²) in [5, 5.41) is 22.2. The SMILES string of the molecule is CCCOc1ccc([C@@H]2CC(=O)N3C(=C2C#N)SC[C@]3(O)c2ccc(OC)cc2)cc1OCC. The Morgan fingerprint density at radius 1 is 1.18 bits per heavy atom. The molecule has 2 aromatic carbocycles. The highest BCUT2D eigenvalue weighted by molar-refractivity contribution is 8.03. The number of methoxy groups -OCH3 is 1. The molecule has 0 bridgehead atoms. The van der Waals surface area contributed by atoms with Crippen molar-refractivity contribution in [3.63, 3.8) is 0 Å². The summed E-state index contributed by atoms with van der Waals surface area (Å²) in [7, 11) is 1.57. The Labute approximate surface area is 203 Å². The van der Waals surface area contributed by atoms with Crippen molar-refractivity contribution < 1.29 is 24.1 Å². The second kappa shape index (κ2) is 10.00. The third-order valence-electron chi connectivity index (χ3n) is 5.99. The number of aliphatic hydroxyl groups is 1. The summed E-state index contributed by atoms with van der Waals surface area (Å²) in [6.45, 7) is 4.98. The highest BCUT2D eigenvalue weighted by Gasteiger charge is 2.51. The van der Waals surface area contributed by atoms with Gasteiger partial charge in [-0.1, -0.05) is 25.1 Å². The number of amides is 1. The smallest absolute Gasteiger partial charge is 0.231 e. The molecular weight excluding hydrogens is 452 g/mol. The first-order valence-electron chi connectivity index (χ1n) is 11.3. The van der Waals surface area contributed by atoms with Gasteiger partial charge in [-0.2, -0.15) is 5.26 Å². The van der Waals surface area contributed by atoms with E-state index in [1.54, 1.807) is 31.4 Å². The standard InChI is InChI=1S/C26H28N2O5S/c1-4-12-33-22-11-6-17(13-23(22)32-5-2)20-14-24(29)28-25(21(20)15-27)34-16-26(28,30)18-7-9-19(31-3)10-8-18/h6-11,13,20,30H,4-5,12,14,16H2,1-3H3/t20-,26-/m0/s1. The normalized spacial score (nSPS) is 21.8. The van der Waals surface area contributed by atoms with Gasteiger partial charge in [-0.25, -0.2) is 0 Å². The molecule has 0 unspecified atom stereocenters. The zero-order chi connectivity index (χ0) is 24.3. The minimum absolute atomic E-state index is 0.0755. The van der Waals surface area contributed by atoms with Crippen molar-refractivity contribution in [1.82, 2.24) is 4.90 Å². The molecule has 7 nitrogen and oxygen atoms in total. The number of hydrogen-bond donors (Lipinski definition) is 1. The lowest BCUT2D eigenvalue weighted by Crippen LogP contribution is -2.48. The van der Waals surface area contributed by atoms with Gasteiger partial charge in [0.15, 0.2) is 17.2 Å². The Hall–Kier alpha value is -3.15. The van der Waals surface area contributed by atoms with Gasteiger partial charge in [0.1, 0.15) is 5.75 Å². The average molecular weight is 481 g/mol. The maximum absolute atomic E-state index is 13.4. The van der Waals surface area contributed by atoms with Crippen LogP contribution in [-0.4, -0.2) is 42.0 Å². The first-order chi connectivity index (χ1) is 16.5. The number of thioether (sulfide) groups is 1. The lowest BCUT2D eigenvalue weighted by atomic mass is 9.85. The minimum Gasteiger partial charge on any atom is -0.497 e. The maximum atomic E-state index is 13.4. The Bertz CT molecular complexity index is 1140. The van der Waals surface area contributed by atoms with Crippen LogP contribution in [0.5, 0.6) is 17.2 Å². The maximum Gasteiger partial charge on any atom is 0.231 e. The van der Waals surface area contributed by atoms with Gasteiger partial charge < -0.3 is 19.3 Å². The van der Waals surface area contributed by atoms with E-state index in [1.165, 1.54) is 16.7 Å². The third-order valence-corrected chi connectivity index (χ3v) is 7.22. The molecule has 1 saturated heterocycles. The first kappa shape index (κ1) is 24.0. The van der Waals surface area contributed by atoms with Gasteiger partial charge in [-0.05, 0) is 43.2 Å². The molecule has 0 saturated carbocycles. The Kier molecular flexibility index (Phi) is 7.05. The molecule has 0 spiro atoms. The fraction of sp³-hybridized carbons (Fsp3) is 0.385. The predicted molar refractivity (Wildman–Crippen MR) is 130 cm³/mol. The monoisotopic (exact) mass is 480 g/mol. The van der Waals surface area contributed by atoms with Crippen LogP contribution < -0.4 is 14.2 Å². The van der Waals surface area contributed by atoms with E-state index in [4.69, 9.17) is 14.2 Å². The van der Waals surface area contributed by atoms with Crippen molar-refractivity contribution in [2.75, 3.05) is 26.1 Å². The van der Waals surface area contributed by atoms with Gasteiger partial charge in [0.05, 0.1) is 42.7 Å². The van der Waals surface area contributed by atoms with E-state index >= 15 is 0 Å². The Morgan fingerprint density at radius 2 is 1.94 bits per heavy atom. The molecule has 1 fully saturated rings. The summed E-state index contributed by atoms with van der Waals surface area (Å²) in [6, 6.07) is 14.9. The zero-order valence-electron chi connectivity index (χ0n) is 19.5. The summed E-state index contributed by atoms with van der Waals surface area (Å²) < 4.78 is 16.8. The summed E-state index contributed by atoms with van der Waals surface area (Å²) in [5.74, 6) is 1.49. The van der Waals surface area contributed by atoms with Crippen molar-refractivity contribution >= 4 is 17.7 Å². The van der Waals surface area contributed by atoms with Crippen LogP contribution in [-0.2, 0) is 10.5 Å². The second-order valence-corrected chi connectivity index (χ2v) is 9.10. The van der Waals surface area contributed by atoms with Crippen molar-refractivity contribution in [3.05, 3.63) is 64.2 Å². The van der Waals surface area contributed by atoms with Gasteiger partial charge in [0, 0.05) is 17.9 Å². The lowest BCUT2D eigenvalue weighted by Gasteiger charge is -2.38. The van der Waals surface area contributed by atoms with Crippen LogP contribution in [0.25, 0.3) is 0 Å². The molecule has 2 heterocycles. The number of nitrogens with zero attached hydrogens (tertiary/aromatic N) is 2. The van der Waals surface area contributed by atoms with E-state index < -0.39 is 11.6 Å². The Balaban J connectivity index is 1.72. The molecule has 0 aliphatic carbocycles. The quantitative estimate of drug-likeness (QED) is 0.594. The van der Waals surface area contributed by atoms with Crippen LogP contribution >= 0.6 is 11.8 Å². The summed E-state index contributed by atoms with van der Waals surface area (Å²) in [4.78, 5) is 14.8. The molecule has 0 aromatic heterocycles. The molecule has 4 rings (SSSR count). The van der Waals surface area contributed by atoms with Crippen LogP contribution in [0, 0.1) is 11.3 Å². The number of hydrogen-bond acceptors (Lipinski definition) is 7. The van der Waals surface area contributed by atoms with E-state index in [0.29, 0.717) is 46.6 Å². The number of ether oxygens (including phenoxy) is 3. The topological polar surface area (TPSA) is 92.0 Å². The molecule has 0 radical (unpaired) electrons. The fourth-order valence-electron chi connectivity index (χ4n) is 4.32. The number of carbonyl (C=O) groups is 1. The number of benzene rings is 2. The molecule has 2 aliphatic heterocycles. The number of carbonyl (C=O) groups excluding carboxylic acids is 1.